The Hall–Kier alpha value is -7.74. The summed E-state index contributed by atoms with van der Waals surface area (Å²) >= 11 is 0. The molecule has 2 aliphatic rings. The zero-order chi connectivity index (χ0) is 42.1. The van der Waals surface area contributed by atoms with Crippen molar-refractivity contribution < 1.29 is 0 Å². The van der Waals surface area contributed by atoms with Crippen molar-refractivity contribution in [2.24, 2.45) is 0 Å². The van der Waals surface area contributed by atoms with Crippen molar-refractivity contribution in [1.29, 1.82) is 0 Å². The first kappa shape index (κ1) is 37.1. The Kier molecular flexibility index (Phi) is 8.49. The Bertz CT molecular complexity index is 3210. The minimum atomic E-state index is -0.386. The highest BCUT2D eigenvalue weighted by atomic mass is 15.1. The number of hydrogen-bond acceptors (Lipinski definition) is 1. The average Bonchev–Trinajstić information content (AvgIpc) is 3.64. The van der Waals surface area contributed by atoms with Gasteiger partial charge >= 0.3 is 0 Å². The van der Waals surface area contributed by atoms with E-state index in [0.717, 1.165) is 17.1 Å². The topological polar surface area (TPSA) is 3.24 Å². The molecule has 0 bridgehead atoms. The molecule has 0 aromatic heterocycles. The maximum atomic E-state index is 2.45. The molecule has 0 saturated heterocycles. The number of fused-ring (bicyclic) bond motifs is 10. The van der Waals surface area contributed by atoms with Crippen molar-refractivity contribution in [2.75, 3.05) is 4.90 Å². The van der Waals surface area contributed by atoms with E-state index in [2.05, 4.69) is 255 Å². The van der Waals surface area contributed by atoms with Crippen LogP contribution in [0.25, 0.3) is 55.3 Å². The van der Waals surface area contributed by atoms with Crippen LogP contribution in [0.1, 0.15) is 47.2 Å². The number of nitrogens with zero attached hydrogens (tertiary/aromatic N) is 1. The Morgan fingerprint density at radius 2 is 0.667 bits per heavy atom. The van der Waals surface area contributed by atoms with Crippen molar-refractivity contribution in [2.45, 2.75) is 24.7 Å². The second-order valence-electron chi connectivity index (χ2n) is 17.7. The molecule has 2 aliphatic carbocycles. The second-order valence-corrected chi connectivity index (χ2v) is 17.7. The zero-order valence-corrected chi connectivity index (χ0v) is 35.5. The fourth-order valence-electron chi connectivity index (χ4n) is 10.9. The van der Waals surface area contributed by atoms with Gasteiger partial charge in [0.1, 0.15) is 0 Å². The van der Waals surface area contributed by atoms with Crippen molar-refractivity contribution >= 4 is 27.8 Å². The quantitative estimate of drug-likeness (QED) is 0.162. The van der Waals surface area contributed by atoms with Crippen molar-refractivity contribution in [3.63, 3.8) is 0 Å². The van der Waals surface area contributed by atoms with Gasteiger partial charge < -0.3 is 4.90 Å². The summed E-state index contributed by atoms with van der Waals surface area (Å²) in [6.45, 7) is 4.77. The number of rotatable bonds is 6. The molecule has 0 unspecified atom stereocenters. The third-order valence-electron chi connectivity index (χ3n) is 13.9. The van der Waals surface area contributed by atoms with Crippen LogP contribution in [0.4, 0.5) is 17.1 Å². The van der Waals surface area contributed by atoms with Gasteiger partial charge in [0.15, 0.2) is 0 Å². The van der Waals surface area contributed by atoms with Gasteiger partial charge in [-0.25, -0.2) is 0 Å². The van der Waals surface area contributed by atoms with Gasteiger partial charge in [-0.05, 0) is 137 Å². The van der Waals surface area contributed by atoms with Crippen LogP contribution in [0.5, 0.6) is 0 Å². The molecule has 12 rings (SSSR count). The molecule has 0 radical (unpaired) electrons. The minimum Gasteiger partial charge on any atom is -0.310 e. The Balaban J connectivity index is 0.946. The van der Waals surface area contributed by atoms with E-state index in [-0.39, 0.29) is 10.8 Å². The predicted molar refractivity (Wildman–Crippen MR) is 264 cm³/mol. The average molecular weight is 804 g/mol. The lowest BCUT2D eigenvalue weighted by molar-refractivity contribution is 0.563. The van der Waals surface area contributed by atoms with Gasteiger partial charge in [0.2, 0.25) is 0 Å². The Labute approximate surface area is 370 Å². The molecule has 1 nitrogen and oxygen atoms in total. The summed E-state index contributed by atoms with van der Waals surface area (Å²) in [6.07, 6.45) is 0. The molecule has 298 valence electrons. The van der Waals surface area contributed by atoms with Crippen LogP contribution in [0.3, 0.4) is 0 Å². The summed E-state index contributed by atoms with van der Waals surface area (Å²) in [6, 6.07) is 87.6. The van der Waals surface area contributed by atoms with Crippen molar-refractivity contribution in [3.8, 4) is 44.5 Å². The van der Waals surface area contributed by atoms with Gasteiger partial charge in [-0.2, -0.15) is 0 Å². The van der Waals surface area contributed by atoms with E-state index in [0.29, 0.717) is 0 Å². The monoisotopic (exact) mass is 803 g/mol. The van der Waals surface area contributed by atoms with Gasteiger partial charge in [-0.15, -0.1) is 0 Å². The Morgan fingerprint density at radius 1 is 0.270 bits per heavy atom. The summed E-state index contributed by atoms with van der Waals surface area (Å²) in [4.78, 5) is 2.37. The molecule has 0 fully saturated rings. The molecule has 0 N–H and O–H groups in total. The number of anilines is 3. The first-order chi connectivity index (χ1) is 31.0. The third kappa shape index (κ3) is 5.77. The highest BCUT2D eigenvalue weighted by Gasteiger charge is 2.53. The molecular formula is C62H45N. The van der Waals surface area contributed by atoms with E-state index in [9.17, 15) is 0 Å². The molecule has 0 aliphatic heterocycles. The fourth-order valence-corrected chi connectivity index (χ4v) is 10.9. The van der Waals surface area contributed by atoms with Crippen molar-refractivity contribution in [3.05, 3.63) is 270 Å². The first-order valence-electron chi connectivity index (χ1n) is 22.1. The maximum absolute atomic E-state index is 2.45. The van der Waals surface area contributed by atoms with E-state index >= 15 is 0 Å². The van der Waals surface area contributed by atoms with Crippen molar-refractivity contribution in [1.82, 2.24) is 0 Å². The molecule has 0 saturated carbocycles. The van der Waals surface area contributed by atoms with Crippen LogP contribution in [0.15, 0.2) is 237 Å². The van der Waals surface area contributed by atoms with E-state index in [1.54, 1.807) is 0 Å². The van der Waals surface area contributed by atoms with Gasteiger partial charge in [-0.3, -0.25) is 0 Å². The van der Waals surface area contributed by atoms with Crippen LogP contribution >= 0.6 is 0 Å². The highest BCUT2D eigenvalue weighted by molar-refractivity contribution is 5.95. The van der Waals surface area contributed by atoms with Crippen LogP contribution in [0, 0.1) is 0 Å². The molecule has 0 amide bonds. The largest absolute Gasteiger partial charge is 0.310 e. The summed E-state index contributed by atoms with van der Waals surface area (Å²) in [5.74, 6) is 0. The zero-order valence-electron chi connectivity index (χ0n) is 35.5. The van der Waals surface area contributed by atoms with Gasteiger partial charge in [-0.1, -0.05) is 202 Å². The molecule has 10 aromatic rings. The standard InChI is InChI=1S/C62H45N/c1-61(2)57-21-11-13-23-59(57)62(60-24-14-12-22-58(60)61)55-20-10-9-19-53(55)54-41-49(32-38-56(54)62)46-25-26-48-40-52(37-31-47(48)39-46)63(50-33-27-44(28-34-50)42-15-5-3-6-16-42)51-35-29-45(30-36-51)43-17-7-4-8-18-43/h3-41H,1-2H3. The SMILES string of the molecule is CC1(C)c2ccccc2C2(c3ccccc3-c3cc(-c4ccc5cc(N(c6ccc(-c7ccccc7)cc6)c6ccc(-c7ccccc7)cc6)ccc5c4)ccc32)c2ccccc21. The smallest absolute Gasteiger partial charge is 0.0719 e. The lowest BCUT2D eigenvalue weighted by Crippen LogP contribution is -2.40. The second kappa shape index (κ2) is 14.4. The van der Waals surface area contributed by atoms with Crippen LogP contribution in [0.2, 0.25) is 0 Å². The maximum Gasteiger partial charge on any atom is 0.0719 e. The number of hydrogen-bond donors (Lipinski definition) is 0. The summed E-state index contributed by atoms with van der Waals surface area (Å²) < 4.78 is 0. The molecule has 1 heteroatoms. The molecule has 1 spiro atoms. The summed E-state index contributed by atoms with van der Waals surface area (Å²) in [7, 11) is 0. The van der Waals surface area contributed by atoms with Crippen LogP contribution < -0.4 is 4.90 Å². The highest BCUT2D eigenvalue weighted by Crippen LogP contribution is 2.62. The Morgan fingerprint density at radius 3 is 1.25 bits per heavy atom. The fraction of sp³-hybridized carbons (Fsp3) is 0.0645. The molecule has 63 heavy (non-hydrogen) atoms. The van der Waals surface area contributed by atoms with E-state index in [4.69, 9.17) is 0 Å². The van der Waals surface area contributed by atoms with Crippen LogP contribution in [-0.2, 0) is 10.8 Å². The molecule has 0 atom stereocenters. The summed E-state index contributed by atoms with van der Waals surface area (Å²) in [5, 5.41) is 2.41. The van der Waals surface area contributed by atoms with Gasteiger partial charge in [0.25, 0.3) is 0 Å². The molecule has 10 aromatic carbocycles. The lowest BCUT2D eigenvalue weighted by Gasteiger charge is -2.46. The van der Waals surface area contributed by atoms with E-state index < -0.39 is 0 Å². The normalized spacial score (nSPS) is 13.8. The van der Waals surface area contributed by atoms with Gasteiger partial charge in [0, 0.05) is 22.5 Å². The predicted octanol–water partition coefficient (Wildman–Crippen LogP) is 16.3. The van der Waals surface area contributed by atoms with Gasteiger partial charge in [0.05, 0.1) is 5.41 Å². The minimum absolute atomic E-state index is 0.113. The molecule has 0 heterocycles. The first-order valence-corrected chi connectivity index (χ1v) is 22.1. The van der Waals surface area contributed by atoms with E-state index in [1.165, 1.54) is 88.7 Å². The van der Waals surface area contributed by atoms with Crippen LogP contribution in [-0.4, -0.2) is 0 Å². The molecular weight excluding hydrogens is 759 g/mol. The lowest BCUT2D eigenvalue weighted by atomic mass is 9.55. The summed E-state index contributed by atoms with van der Waals surface area (Å²) in [5.41, 5.74) is 21.1. The number of benzene rings is 10. The third-order valence-corrected chi connectivity index (χ3v) is 13.9. The van der Waals surface area contributed by atoms with E-state index in [1.807, 2.05) is 0 Å².